The van der Waals surface area contributed by atoms with Crippen LogP contribution in [0.5, 0.6) is 5.75 Å². The average molecular weight is 244 g/mol. The van der Waals surface area contributed by atoms with Gasteiger partial charge in [0.15, 0.2) is 17.5 Å². The summed E-state index contributed by atoms with van der Waals surface area (Å²) < 4.78 is 43.4. The highest BCUT2D eigenvalue weighted by Gasteiger charge is 2.10. The van der Waals surface area contributed by atoms with Crippen LogP contribution in [0.25, 0.3) is 0 Å². The van der Waals surface area contributed by atoms with E-state index in [2.05, 4.69) is 6.58 Å². The van der Waals surface area contributed by atoms with Gasteiger partial charge in [-0.05, 0) is 25.7 Å². The summed E-state index contributed by atoms with van der Waals surface area (Å²) in [7, 11) is 0. The Labute approximate surface area is 98.9 Å². The van der Waals surface area contributed by atoms with Gasteiger partial charge in [0.2, 0.25) is 0 Å². The summed E-state index contributed by atoms with van der Waals surface area (Å²) in [6, 6.07) is 1.70. The molecule has 17 heavy (non-hydrogen) atoms. The van der Waals surface area contributed by atoms with Gasteiger partial charge in [0.25, 0.3) is 0 Å². The van der Waals surface area contributed by atoms with Crippen molar-refractivity contribution in [2.75, 3.05) is 6.61 Å². The molecule has 1 nitrogen and oxygen atoms in total. The first kappa shape index (κ1) is 13.6. The zero-order valence-electron chi connectivity index (χ0n) is 9.52. The topological polar surface area (TPSA) is 9.23 Å². The SMILES string of the molecule is C=CCCCCCOc1cc(F)c(F)c(F)c1. The van der Waals surface area contributed by atoms with E-state index in [9.17, 15) is 13.2 Å². The van der Waals surface area contributed by atoms with Crippen LogP contribution in [-0.2, 0) is 0 Å². The van der Waals surface area contributed by atoms with Crippen molar-refractivity contribution in [2.45, 2.75) is 25.7 Å². The van der Waals surface area contributed by atoms with Crippen molar-refractivity contribution in [3.8, 4) is 5.75 Å². The molecule has 0 aliphatic carbocycles. The monoisotopic (exact) mass is 244 g/mol. The average Bonchev–Trinajstić information content (AvgIpc) is 2.30. The van der Waals surface area contributed by atoms with Gasteiger partial charge in [-0.15, -0.1) is 6.58 Å². The summed E-state index contributed by atoms with van der Waals surface area (Å²) in [4.78, 5) is 0. The van der Waals surface area contributed by atoms with Gasteiger partial charge in [-0.25, -0.2) is 13.2 Å². The lowest BCUT2D eigenvalue weighted by atomic mass is 10.2. The third kappa shape index (κ3) is 4.51. The van der Waals surface area contributed by atoms with Crippen molar-refractivity contribution >= 4 is 0 Å². The zero-order chi connectivity index (χ0) is 12.7. The normalized spacial score (nSPS) is 10.3. The van der Waals surface area contributed by atoms with Crippen molar-refractivity contribution in [3.63, 3.8) is 0 Å². The standard InChI is InChI=1S/C13H15F3O/c1-2-3-4-5-6-7-17-10-8-11(14)13(16)12(15)9-10/h2,8-9H,1,3-7H2. The van der Waals surface area contributed by atoms with Crippen LogP contribution in [0, 0.1) is 17.5 Å². The Kier molecular flexibility index (Phi) is 5.60. The van der Waals surface area contributed by atoms with Crippen molar-refractivity contribution in [2.24, 2.45) is 0 Å². The lowest BCUT2D eigenvalue weighted by molar-refractivity contribution is 0.299. The first-order valence-corrected chi connectivity index (χ1v) is 5.53. The van der Waals surface area contributed by atoms with E-state index in [0.717, 1.165) is 37.8 Å². The predicted octanol–water partition coefficient (Wildman–Crippen LogP) is 4.23. The lowest BCUT2D eigenvalue weighted by Crippen LogP contribution is -2.00. The van der Waals surface area contributed by atoms with Gasteiger partial charge in [-0.3, -0.25) is 0 Å². The van der Waals surface area contributed by atoms with Crippen LogP contribution < -0.4 is 4.74 Å². The molecule has 1 aromatic carbocycles. The first-order valence-electron chi connectivity index (χ1n) is 5.53. The molecule has 94 valence electrons. The summed E-state index contributed by atoms with van der Waals surface area (Å²) in [5.41, 5.74) is 0. The molecule has 0 fully saturated rings. The van der Waals surface area contributed by atoms with Crippen LogP contribution in [0.1, 0.15) is 25.7 Å². The summed E-state index contributed by atoms with van der Waals surface area (Å²) in [5, 5.41) is 0. The molecular weight excluding hydrogens is 229 g/mol. The van der Waals surface area contributed by atoms with Gasteiger partial charge in [-0.1, -0.05) is 6.08 Å². The predicted molar refractivity (Wildman–Crippen MR) is 60.5 cm³/mol. The van der Waals surface area contributed by atoms with E-state index in [1.807, 2.05) is 6.08 Å². The maximum Gasteiger partial charge on any atom is 0.194 e. The molecule has 1 rings (SSSR count). The van der Waals surface area contributed by atoms with Crippen molar-refractivity contribution < 1.29 is 17.9 Å². The first-order chi connectivity index (χ1) is 8.15. The van der Waals surface area contributed by atoms with Crippen LogP contribution >= 0.6 is 0 Å². The molecule has 0 saturated heterocycles. The largest absolute Gasteiger partial charge is 0.493 e. The number of unbranched alkanes of at least 4 members (excludes halogenated alkanes) is 3. The Hall–Kier alpha value is -1.45. The summed E-state index contributed by atoms with van der Waals surface area (Å²) >= 11 is 0. The Morgan fingerprint density at radius 2 is 1.71 bits per heavy atom. The van der Waals surface area contributed by atoms with E-state index in [4.69, 9.17) is 4.74 Å². The van der Waals surface area contributed by atoms with Gasteiger partial charge in [-0.2, -0.15) is 0 Å². The minimum absolute atomic E-state index is 0.0186. The summed E-state index contributed by atoms with van der Waals surface area (Å²) in [6.45, 7) is 3.97. The van der Waals surface area contributed by atoms with Crippen molar-refractivity contribution in [1.82, 2.24) is 0 Å². The van der Waals surface area contributed by atoms with Crippen LogP contribution in [0.4, 0.5) is 13.2 Å². The maximum absolute atomic E-state index is 12.8. The molecule has 0 unspecified atom stereocenters. The zero-order valence-corrected chi connectivity index (χ0v) is 9.52. The molecule has 0 saturated carbocycles. The van der Waals surface area contributed by atoms with E-state index in [1.165, 1.54) is 0 Å². The van der Waals surface area contributed by atoms with E-state index in [-0.39, 0.29) is 5.75 Å². The van der Waals surface area contributed by atoms with Gasteiger partial charge < -0.3 is 4.74 Å². The molecule has 4 heteroatoms. The van der Waals surface area contributed by atoms with Crippen molar-refractivity contribution in [3.05, 3.63) is 42.2 Å². The minimum atomic E-state index is -1.47. The minimum Gasteiger partial charge on any atom is -0.493 e. The Morgan fingerprint density at radius 3 is 2.29 bits per heavy atom. The van der Waals surface area contributed by atoms with E-state index in [1.54, 1.807) is 0 Å². The second-order valence-electron chi connectivity index (χ2n) is 3.69. The summed E-state index contributed by atoms with van der Waals surface area (Å²) in [6.07, 6.45) is 5.54. The fraction of sp³-hybridized carbons (Fsp3) is 0.385. The number of hydrogen-bond donors (Lipinski definition) is 0. The molecule has 0 heterocycles. The van der Waals surface area contributed by atoms with Crippen molar-refractivity contribution in [1.29, 1.82) is 0 Å². The molecule has 1 aromatic rings. The highest BCUT2D eigenvalue weighted by atomic mass is 19.2. The van der Waals surface area contributed by atoms with Gasteiger partial charge in [0, 0.05) is 12.1 Å². The molecule has 0 aliphatic heterocycles. The van der Waals surface area contributed by atoms with Gasteiger partial charge in [0.05, 0.1) is 6.61 Å². The highest BCUT2D eigenvalue weighted by Crippen LogP contribution is 2.19. The van der Waals surface area contributed by atoms with Gasteiger partial charge in [0.1, 0.15) is 5.75 Å². The molecule has 0 amide bonds. The Bertz CT molecular complexity index is 354. The smallest absolute Gasteiger partial charge is 0.194 e. The molecule has 0 spiro atoms. The fourth-order valence-corrected chi connectivity index (χ4v) is 1.37. The number of rotatable bonds is 7. The Morgan fingerprint density at radius 1 is 1.06 bits per heavy atom. The molecule has 0 aromatic heterocycles. The third-order valence-electron chi connectivity index (χ3n) is 2.28. The Balaban J connectivity index is 2.34. The second kappa shape index (κ2) is 6.99. The summed E-state index contributed by atoms with van der Waals surface area (Å²) in [5.74, 6) is -3.91. The highest BCUT2D eigenvalue weighted by molar-refractivity contribution is 5.24. The number of halogens is 3. The third-order valence-corrected chi connectivity index (χ3v) is 2.28. The molecule has 0 atom stereocenters. The van der Waals surface area contributed by atoms with E-state index < -0.39 is 17.5 Å². The fourth-order valence-electron chi connectivity index (χ4n) is 1.37. The molecule has 0 aliphatic rings. The molecule has 0 bridgehead atoms. The van der Waals surface area contributed by atoms with Crippen LogP contribution in [0.15, 0.2) is 24.8 Å². The maximum atomic E-state index is 12.8. The van der Waals surface area contributed by atoms with Crippen LogP contribution in [0.2, 0.25) is 0 Å². The quantitative estimate of drug-likeness (QED) is 0.396. The van der Waals surface area contributed by atoms with E-state index in [0.29, 0.717) is 6.61 Å². The lowest BCUT2D eigenvalue weighted by Gasteiger charge is -2.06. The number of ether oxygens (including phenoxy) is 1. The van der Waals surface area contributed by atoms with E-state index >= 15 is 0 Å². The van der Waals surface area contributed by atoms with Crippen LogP contribution in [0.3, 0.4) is 0 Å². The van der Waals surface area contributed by atoms with Crippen LogP contribution in [-0.4, -0.2) is 6.61 Å². The molecule has 0 radical (unpaired) electrons. The molecular formula is C13H15F3O. The molecule has 0 N–H and O–H groups in total. The van der Waals surface area contributed by atoms with Gasteiger partial charge >= 0.3 is 0 Å². The number of hydrogen-bond acceptors (Lipinski definition) is 1. The second-order valence-corrected chi connectivity index (χ2v) is 3.69. The number of allylic oxidation sites excluding steroid dienone is 1. The number of benzene rings is 1.